The van der Waals surface area contributed by atoms with E-state index in [2.05, 4.69) is 5.32 Å². The fourth-order valence-corrected chi connectivity index (χ4v) is 2.75. The predicted octanol–water partition coefficient (Wildman–Crippen LogP) is 4.12. The van der Waals surface area contributed by atoms with Gasteiger partial charge < -0.3 is 15.2 Å². The van der Waals surface area contributed by atoms with Gasteiger partial charge in [-0.05, 0) is 49.7 Å². The minimum atomic E-state index is -1.01. The predicted molar refractivity (Wildman–Crippen MR) is 96.0 cm³/mol. The number of carbonyl (C=O) groups excluding carboxylic acids is 2. The molecule has 0 heterocycles. The molecule has 2 aromatic carbocycles. The molecule has 0 aliphatic carbocycles. The summed E-state index contributed by atoms with van der Waals surface area (Å²) in [6.07, 6.45) is -1.01. The number of hydrogen-bond donors (Lipinski definition) is 2. The summed E-state index contributed by atoms with van der Waals surface area (Å²) in [4.78, 5) is 24.2. The third kappa shape index (κ3) is 5.11. The summed E-state index contributed by atoms with van der Waals surface area (Å²) < 4.78 is 5.12. The molecule has 0 bridgehead atoms. The zero-order valence-corrected chi connectivity index (χ0v) is 15.1. The maximum absolute atomic E-state index is 12.2. The minimum absolute atomic E-state index is 0.0578. The summed E-state index contributed by atoms with van der Waals surface area (Å²) in [5.41, 5.74) is 0.861. The van der Waals surface area contributed by atoms with Gasteiger partial charge in [0.25, 0.3) is 5.91 Å². The first-order valence-corrected chi connectivity index (χ1v) is 8.29. The van der Waals surface area contributed by atoms with E-state index < -0.39 is 18.0 Å². The molecule has 0 aromatic heterocycles. The lowest BCUT2D eigenvalue weighted by Gasteiger charge is -2.19. The van der Waals surface area contributed by atoms with Crippen LogP contribution in [0.5, 0.6) is 5.75 Å². The highest BCUT2D eigenvalue weighted by Gasteiger charge is 2.22. The standard InChI is InChI=1S/C18H17Cl2NO4/c1-10(15-7-6-13(19)9-16(15)20)21-17(23)11(2)25-18(24)12-4-3-5-14(22)8-12/h3-11,22H,1-2H3,(H,21,23)/t10-,11+/m1/s1. The summed E-state index contributed by atoms with van der Waals surface area (Å²) in [7, 11) is 0. The van der Waals surface area contributed by atoms with Crippen LogP contribution in [0.2, 0.25) is 10.0 Å². The molecule has 2 atom stereocenters. The van der Waals surface area contributed by atoms with Crippen LogP contribution in [-0.4, -0.2) is 23.1 Å². The third-order valence-electron chi connectivity index (χ3n) is 3.52. The van der Waals surface area contributed by atoms with Gasteiger partial charge in [0.05, 0.1) is 11.6 Å². The van der Waals surface area contributed by atoms with Crippen LogP contribution in [0, 0.1) is 0 Å². The zero-order valence-electron chi connectivity index (χ0n) is 13.6. The average molecular weight is 382 g/mol. The van der Waals surface area contributed by atoms with E-state index in [1.165, 1.54) is 31.2 Å². The average Bonchev–Trinajstić information content (AvgIpc) is 2.54. The van der Waals surface area contributed by atoms with E-state index in [0.717, 1.165) is 0 Å². The lowest BCUT2D eigenvalue weighted by Crippen LogP contribution is -2.37. The van der Waals surface area contributed by atoms with Crippen molar-refractivity contribution >= 4 is 35.1 Å². The van der Waals surface area contributed by atoms with Crippen molar-refractivity contribution in [3.63, 3.8) is 0 Å². The molecule has 25 heavy (non-hydrogen) atoms. The first kappa shape index (κ1) is 19.1. The Hall–Kier alpha value is -2.24. The molecule has 1 amide bonds. The van der Waals surface area contributed by atoms with Crippen molar-refractivity contribution in [1.82, 2.24) is 5.32 Å². The monoisotopic (exact) mass is 381 g/mol. The van der Waals surface area contributed by atoms with Gasteiger partial charge in [-0.2, -0.15) is 0 Å². The summed E-state index contributed by atoms with van der Waals surface area (Å²) in [6, 6.07) is 10.3. The first-order valence-electron chi connectivity index (χ1n) is 7.53. The Morgan fingerprint density at radius 1 is 1.12 bits per heavy atom. The summed E-state index contributed by atoms with van der Waals surface area (Å²) in [6.45, 7) is 3.23. The van der Waals surface area contributed by atoms with Gasteiger partial charge in [0.2, 0.25) is 0 Å². The van der Waals surface area contributed by atoms with Crippen LogP contribution >= 0.6 is 23.2 Å². The van der Waals surface area contributed by atoms with E-state index in [-0.39, 0.29) is 17.4 Å². The molecule has 2 N–H and O–H groups in total. The summed E-state index contributed by atoms with van der Waals surface area (Å²) >= 11 is 12.0. The molecular weight excluding hydrogens is 365 g/mol. The highest BCUT2D eigenvalue weighted by molar-refractivity contribution is 6.35. The van der Waals surface area contributed by atoms with Crippen LogP contribution in [0.25, 0.3) is 0 Å². The van der Waals surface area contributed by atoms with E-state index in [1.807, 2.05) is 0 Å². The second-order valence-electron chi connectivity index (χ2n) is 5.49. The number of halogens is 2. The topological polar surface area (TPSA) is 75.6 Å². The molecule has 0 spiro atoms. The Bertz CT molecular complexity index is 794. The Kier molecular flexibility index (Phi) is 6.28. The van der Waals surface area contributed by atoms with E-state index >= 15 is 0 Å². The largest absolute Gasteiger partial charge is 0.508 e. The van der Waals surface area contributed by atoms with Crippen molar-refractivity contribution < 1.29 is 19.4 Å². The van der Waals surface area contributed by atoms with Crippen LogP contribution in [0.15, 0.2) is 42.5 Å². The zero-order chi connectivity index (χ0) is 18.6. The minimum Gasteiger partial charge on any atom is -0.508 e. The number of nitrogens with one attached hydrogen (secondary N) is 1. The van der Waals surface area contributed by atoms with Gasteiger partial charge in [-0.25, -0.2) is 4.79 Å². The number of rotatable bonds is 5. The molecule has 0 aliphatic heterocycles. The number of phenolic OH excluding ortho intramolecular Hbond substituents is 1. The van der Waals surface area contributed by atoms with Crippen molar-refractivity contribution in [3.05, 3.63) is 63.6 Å². The second-order valence-corrected chi connectivity index (χ2v) is 6.34. The molecule has 5 nitrogen and oxygen atoms in total. The fraction of sp³-hybridized carbons (Fsp3) is 0.222. The SMILES string of the molecule is C[C@H](OC(=O)c1cccc(O)c1)C(=O)N[C@H](C)c1ccc(Cl)cc1Cl. The Morgan fingerprint density at radius 3 is 2.48 bits per heavy atom. The molecule has 2 aromatic rings. The van der Waals surface area contributed by atoms with Crippen molar-refractivity contribution in [2.75, 3.05) is 0 Å². The molecule has 132 valence electrons. The fourth-order valence-electron chi connectivity index (χ4n) is 2.18. The van der Waals surface area contributed by atoms with Crippen molar-refractivity contribution in [1.29, 1.82) is 0 Å². The first-order chi connectivity index (χ1) is 11.8. The molecule has 0 fully saturated rings. The number of amides is 1. The number of phenols is 1. The van der Waals surface area contributed by atoms with Crippen LogP contribution in [0.4, 0.5) is 0 Å². The van der Waals surface area contributed by atoms with Gasteiger partial charge in [-0.1, -0.05) is 35.3 Å². The normalized spacial score (nSPS) is 13.0. The smallest absolute Gasteiger partial charge is 0.339 e. The van der Waals surface area contributed by atoms with Crippen molar-refractivity contribution in [3.8, 4) is 5.75 Å². The number of aromatic hydroxyl groups is 1. The molecule has 0 saturated heterocycles. The number of esters is 1. The van der Waals surface area contributed by atoms with E-state index in [0.29, 0.717) is 15.6 Å². The quantitative estimate of drug-likeness (QED) is 0.763. The Balaban J connectivity index is 1.98. The van der Waals surface area contributed by atoms with Gasteiger partial charge in [-0.3, -0.25) is 4.79 Å². The highest BCUT2D eigenvalue weighted by Crippen LogP contribution is 2.26. The van der Waals surface area contributed by atoms with E-state index in [1.54, 1.807) is 25.1 Å². The third-order valence-corrected chi connectivity index (χ3v) is 4.09. The molecule has 0 unspecified atom stereocenters. The molecular formula is C18H17Cl2NO4. The molecule has 0 aliphatic rings. The number of carbonyl (C=O) groups is 2. The van der Waals surface area contributed by atoms with Crippen molar-refractivity contribution in [2.45, 2.75) is 26.0 Å². The molecule has 0 radical (unpaired) electrons. The lowest BCUT2D eigenvalue weighted by molar-refractivity contribution is -0.129. The summed E-state index contributed by atoms with van der Waals surface area (Å²) in [5.74, 6) is -1.22. The Morgan fingerprint density at radius 2 is 1.84 bits per heavy atom. The van der Waals surface area contributed by atoms with E-state index in [4.69, 9.17) is 27.9 Å². The maximum atomic E-state index is 12.2. The van der Waals surface area contributed by atoms with Crippen molar-refractivity contribution in [2.24, 2.45) is 0 Å². The highest BCUT2D eigenvalue weighted by atomic mass is 35.5. The van der Waals surface area contributed by atoms with Crippen LogP contribution in [-0.2, 0) is 9.53 Å². The van der Waals surface area contributed by atoms with Gasteiger partial charge in [0.1, 0.15) is 5.75 Å². The van der Waals surface area contributed by atoms with Crippen LogP contribution < -0.4 is 5.32 Å². The van der Waals surface area contributed by atoms with Gasteiger partial charge in [-0.15, -0.1) is 0 Å². The summed E-state index contributed by atoms with van der Waals surface area (Å²) in [5, 5.41) is 13.1. The maximum Gasteiger partial charge on any atom is 0.339 e. The van der Waals surface area contributed by atoms with Gasteiger partial charge in [0.15, 0.2) is 6.10 Å². The van der Waals surface area contributed by atoms with Crippen LogP contribution in [0.1, 0.15) is 35.8 Å². The van der Waals surface area contributed by atoms with Gasteiger partial charge in [0, 0.05) is 10.0 Å². The Labute approximate surface area is 155 Å². The lowest BCUT2D eigenvalue weighted by atomic mass is 10.1. The second kappa shape index (κ2) is 8.23. The van der Waals surface area contributed by atoms with Crippen LogP contribution in [0.3, 0.4) is 0 Å². The molecule has 7 heteroatoms. The number of benzene rings is 2. The molecule has 0 saturated carbocycles. The number of ether oxygens (including phenoxy) is 1. The molecule has 2 rings (SSSR count). The number of hydrogen-bond acceptors (Lipinski definition) is 4. The van der Waals surface area contributed by atoms with Gasteiger partial charge >= 0.3 is 5.97 Å². The van der Waals surface area contributed by atoms with E-state index in [9.17, 15) is 14.7 Å².